The zero-order valence-electron chi connectivity index (χ0n) is 20.4. The second kappa shape index (κ2) is 9.46. The summed E-state index contributed by atoms with van der Waals surface area (Å²) >= 11 is 0. The first-order valence-electron chi connectivity index (χ1n) is 11.2. The minimum atomic E-state index is -0.426. The molecule has 3 aromatic carbocycles. The predicted octanol–water partition coefficient (Wildman–Crippen LogP) is 7.36. The number of hydrogen-bond donors (Lipinski definition) is 1. The van der Waals surface area contributed by atoms with Crippen LogP contribution in [-0.2, 0) is 5.41 Å². The first-order chi connectivity index (χ1) is 15.5. The first-order valence-corrected chi connectivity index (χ1v) is 11.2. The Bertz CT molecular complexity index is 1180. The van der Waals surface area contributed by atoms with Gasteiger partial charge in [-0.15, -0.1) is 0 Å². The highest BCUT2D eigenvalue weighted by molar-refractivity contribution is 5.97. The van der Waals surface area contributed by atoms with E-state index in [4.69, 9.17) is 0 Å². The van der Waals surface area contributed by atoms with Crippen LogP contribution in [0.25, 0.3) is 16.7 Å². The van der Waals surface area contributed by atoms with Gasteiger partial charge in [0.2, 0.25) is 0 Å². The molecular weight excluding hydrogens is 404 g/mol. The Hall–Kier alpha value is -3.64. The Morgan fingerprint density at radius 1 is 0.727 bits per heavy atom. The topological polar surface area (TPSA) is 52.9 Å². The average molecular weight is 437 g/mol. The van der Waals surface area contributed by atoms with Crippen molar-refractivity contribution in [1.29, 1.82) is 5.26 Å². The third-order valence-electron chi connectivity index (χ3n) is 5.64. The van der Waals surface area contributed by atoms with Gasteiger partial charge in [0.05, 0.1) is 5.57 Å². The number of nitriles is 1. The highest BCUT2D eigenvalue weighted by Crippen LogP contribution is 2.32. The molecule has 0 heterocycles. The molecule has 0 aromatic heterocycles. The summed E-state index contributed by atoms with van der Waals surface area (Å²) < 4.78 is 0. The minimum Gasteiger partial charge on any atom is -0.324 e. The van der Waals surface area contributed by atoms with Crippen LogP contribution in [0.5, 0.6) is 0 Å². The van der Waals surface area contributed by atoms with Crippen molar-refractivity contribution in [3.05, 3.63) is 101 Å². The van der Waals surface area contributed by atoms with Gasteiger partial charge < -0.3 is 5.32 Å². The Kier molecular flexibility index (Phi) is 6.89. The molecule has 3 rings (SSSR count). The average Bonchev–Trinajstić information content (AvgIpc) is 2.78. The summed E-state index contributed by atoms with van der Waals surface area (Å²) in [4.78, 5) is 13.1. The number of benzene rings is 3. The van der Waals surface area contributed by atoms with Crippen molar-refractivity contribution >= 4 is 11.5 Å². The van der Waals surface area contributed by atoms with E-state index in [1.165, 1.54) is 5.56 Å². The van der Waals surface area contributed by atoms with E-state index in [9.17, 15) is 10.1 Å². The molecule has 0 spiro atoms. The lowest BCUT2D eigenvalue weighted by molar-refractivity contribution is 0.0958. The van der Waals surface area contributed by atoms with Crippen LogP contribution in [0.4, 0.5) is 0 Å². The third-order valence-corrected chi connectivity index (χ3v) is 5.64. The van der Waals surface area contributed by atoms with Gasteiger partial charge in [-0.1, -0.05) is 108 Å². The van der Waals surface area contributed by atoms with Crippen molar-refractivity contribution in [2.75, 3.05) is 0 Å². The maximum Gasteiger partial charge on any atom is 0.255 e. The van der Waals surface area contributed by atoms with Crippen molar-refractivity contribution in [3.63, 3.8) is 0 Å². The van der Waals surface area contributed by atoms with Gasteiger partial charge in [-0.25, -0.2) is 0 Å². The number of nitrogens with zero attached hydrogens (tertiary/aromatic N) is 1. The molecule has 1 N–H and O–H groups in total. The van der Waals surface area contributed by atoms with Crippen molar-refractivity contribution < 1.29 is 4.79 Å². The summed E-state index contributed by atoms with van der Waals surface area (Å²) in [5, 5.41) is 13.1. The van der Waals surface area contributed by atoms with Crippen molar-refractivity contribution in [1.82, 2.24) is 5.32 Å². The molecule has 3 nitrogen and oxygen atoms in total. The molecule has 0 saturated carbocycles. The molecule has 3 heteroatoms. The van der Waals surface area contributed by atoms with Crippen molar-refractivity contribution in [2.45, 2.75) is 47.0 Å². The Morgan fingerprint density at radius 3 is 1.73 bits per heavy atom. The van der Waals surface area contributed by atoms with E-state index in [1.54, 1.807) is 0 Å². The van der Waals surface area contributed by atoms with E-state index in [-0.39, 0.29) is 11.3 Å². The van der Waals surface area contributed by atoms with E-state index in [1.807, 2.05) is 87.5 Å². The van der Waals surface area contributed by atoms with Gasteiger partial charge in [0.15, 0.2) is 0 Å². The SMILES string of the molecule is CC(C)(C)/C(NC(=O)c1ccc(C(C)(C)C)cc1)=C(\C#N)c1ccc(-c2ccccc2)cc1. The van der Waals surface area contributed by atoms with Gasteiger partial charge in [-0.2, -0.15) is 5.26 Å². The molecule has 0 aliphatic heterocycles. The molecule has 0 bridgehead atoms. The fraction of sp³-hybridized carbons (Fsp3) is 0.267. The van der Waals surface area contributed by atoms with Crippen LogP contribution >= 0.6 is 0 Å². The van der Waals surface area contributed by atoms with E-state index in [2.05, 4.69) is 44.3 Å². The molecule has 0 fully saturated rings. The molecule has 0 aliphatic rings. The van der Waals surface area contributed by atoms with E-state index in [0.29, 0.717) is 16.8 Å². The van der Waals surface area contributed by atoms with Crippen LogP contribution in [0, 0.1) is 16.7 Å². The summed E-state index contributed by atoms with van der Waals surface area (Å²) in [6, 6.07) is 28.0. The Labute approximate surface area is 197 Å². The van der Waals surface area contributed by atoms with E-state index < -0.39 is 5.41 Å². The zero-order valence-corrected chi connectivity index (χ0v) is 20.4. The molecule has 0 radical (unpaired) electrons. The number of carbonyl (C=O) groups excluding carboxylic acids is 1. The fourth-order valence-electron chi connectivity index (χ4n) is 3.66. The lowest BCUT2D eigenvalue weighted by Gasteiger charge is -2.26. The minimum absolute atomic E-state index is 0.0192. The van der Waals surface area contributed by atoms with Crippen LogP contribution in [0.2, 0.25) is 0 Å². The van der Waals surface area contributed by atoms with Gasteiger partial charge in [-0.05, 0) is 39.8 Å². The highest BCUT2D eigenvalue weighted by atomic mass is 16.1. The summed E-state index contributed by atoms with van der Waals surface area (Å²) in [7, 11) is 0. The second-order valence-electron chi connectivity index (χ2n) is 10.3. The van der Waals surface area contributed by atoms with Gasteiger partial charge in [0, 0.05) is 16.7 Å². The maximum absolute atomic E-state index is 13.1. The van der Waals surface area contributed by atoms with Gasteiger partial charge in [0.25, 0.3) is 5.91 Å². The molecular formula is C30H32N2O. The second-order valence-corrected chi connectivity index (χ2v) is 10.3. The Balaban J connectivity index is 1.95. The molecule has 0 atom stereocenters. The van der Waals surface area contributed by atoms with Crippen molar-refractivity contribution in [2.24, 2.45) is 5.41 Å². The lowest BCUT2D eigenvalue weighted by Crippen LogP contribution is -2.31. The van der Waals surface area contributed by atoms with Gasteiger partial charge >= 0.3 is 0 Å². The summed E-state index contributed by atoms with van der Waals surface area (Å²) in [6.07, 6.45) is 0. The summed E-state index contributed by atoms with van der Waals surface area (Å²) in [5.41, 5.74) is 5.40. The number of nitrogens with one attached hydrogen (secondary N) is 1. The summed E-state index contributed by atoms with van der Waals surface area (Å²) in [5.74, 6) is -0.214. The van der Waals surface area contributed by atoms with Crippen LogP contribution in [0.3, 0.4) is 0 Å². The smallest absolute Gasteiger partial charge is 0.255 e. The number of allylic oxidation sites excluding steroid dienone is 2. The van der Waals surface area contributed by atoms with E-state index >= 15 is 0 Å². The van der Waals surface area contributed by atoms with Gasteiger partial charge in [-0.3, -0.25) is 4.79 Å². The van der Waals surface area contributed by atoms with Gasteiger partial charge in [0.1, 0.15) is 6.07 Å². The third kappa shape index (κ3) is 5.79. The largest absolute Gasteiger partial charge is 0.324 e. The fourth-order valence-corrected chi connectivity index (χ4v) is 3.66. The van der Waals surface area contributed by atoms with E-state index in [0.717, 1.165) is 16.7 Å². The molecule has 0 aliphatic carbocycles. The summed E-state index contributed by atoms with van der Waals surface area (Å²) in [6.45, 7) is 12.4. The van der Waals surface area contributed by atoms with Crippen molar-refractivity contribution in [3.8, 4) is 17.2 Å². The monoisotopic (exact) mass is 436 g/mol. The molecule has 3 aromatic rings. The molecule has 0 unspecified atom stereocenters. The van der Waals surface area contributed by atoms with Crippen LogP contribution < -0.4 is 5.32 Å². The quantitative estimate of drug-likeness (QED) is 0.434. The first kappa shape index (κ1) is 24.0. The number of rotatable bonds is 4. The highest BCUT2D eigenvalue weighted by Gasteiger charge is 2.25. The van der Waals surface area contributed by atoms with Crippen LogP contribution in [0.15, 0.2) is 84.6 Å². The number of amides is 1. The maximum atomic E-state index is 13.1. The molecule has 168 valence electrons. The lowest BCUT2D eigenvalue weighted by atomic mass is 9.85. The Morgan fingerprint density at radius 2 is 1.24 bits per heavy atom. The van der Waals surface area contributed by atoms with Crippen LogP contribution in [0.1, 0.15) is 63.0 Å². The molecule has 1 amide bonds. The molecule has 0 saturated heterocycles. The predicted molar refractivity (Wildman–Crippen MR) is 136 cm³/mol. The number of hydrogen-bond acceptors (Lipinski definition) is 2. The zero-order chi connectivity index (χ0) is 24.2. The molecule has 33 heavy (non-hydrogen) atoms. The normalized spacial score (nSPS) is 12.5. The standard InChI is InChI=1S/C30H32N2O/c1-29(2,3)25-18-16-24(17-19-25)28(33)32-27(30(4,5)6)26(20-31)23-14-12-22(13-15-23)21-10-8-7-9-11-21/h7-19H,1-6H3,(H,32,33)/b27-26-. The van der Waals surface area contributed by atoms with Crippen LogP contribution in [-0.4, -0.2) is 5.91 Å². The number of carbonyl (C=O) groups is 1.